The van der Waals surface area contributed by atoms with Gasteiger partial charge in [-0.3, -0.25) is 0 Å². The van der Waals surface area contributed by atoms with Gasteiger partial charge in [-0.2, -0.15) is 0 Å². The van der Waals surface area contributed by atoms with Crippen molar-refractivity contribution in [1.29, 1.82) is 0 Å². The lowest BCUT2D eigenvalue weighted by atomic mass is 10.00. The third-order valence-corrected chi connectivity index (χ3v) is 4.40. The van der Waals surface area contributed by atoms with E-state index in [1.54, 1.807) is 0 Å². The maximum atomic E-state index is 5.79. The predicted molar refractivity (Wildman–Crippen MR) is 90.8 cm³/mol. The van der Waals surface area contributed by atoms with Crippen molar-refractivity contribution < 1.29 is 4.74 Å². The third-order valence-electron chi connectivity index (χ3n) is 4.40. The number of benzene rings is 1. The molecule has 3 heteroatoms. The maximum absolute atomic E-state index is 5.79. The second kappa shape index (κ2) is 5.99. The van der Waals surface area contributed by atoms with Crippen molar-refractivity contribution in [2.75, 3.05) is 6.61 Å². The fourth-order valence-corrected chi connectivity index (χ4v) is 3.14. The summed E-state index contributed by atoms with van der Waals surface area (Å²) in [5.74, 6) is 0.791. The normalized spacial score (nSPS) is 17.5. The number of aromatic nitrogens is 1. The van der Waals surface area contributed by atoms with Crippen LogP contribution in [0.15, 0.2) is 35.5 Å². The summed E-state index contributed by atoms with van der Waals surface area (Å²) in [6.45, 7) is 10.2. The van der Waals surface area contributed by atoms with Gasteiger partial charge in [0.05, 0.1) is 6.04 Å². The van der Waals surface area contributed by atoms with Gasteiger partial charge in [-0.15, -0.1) is 0 Å². The van der Waals surface area contributed by atoms with Gasteiger partial charge in [0, 0.05) is 12.7 Å². The van der Waals surface area contributed by atoms with E-state index in [9.17, 15) is 0 Å². The molecule has 0 saturated heterocycles. The van der Waals surface area contributed by atoms with E-state index in [0.29, 0.717) is 12.6 Å². The van der Waals surface area contributed by atoms with Crippen molar-refractivity contribution in [1.82, 2.24) is 4.57 Å². The number of hydrogen-bond acceptors (Lipinski definition) is 2. The molecule has 0 bridgehead atoms. The average molecular weight is 296 g/mol. The quantitative estimate of drug-likeness (QED) is 0.837. The van der Waals surface area contributed by atoms with E-state index in [0.717, 1.165) is 24.6 Å². The summed E-state index contributed by atoms with van der Waals surface area (Å²) in [6.07, 6.45) is 3.14. The zero-order valence-electron chi connectivity index (χ0n) is 13.9. The summed E-state index contributed by atoms with van der Waals surface area (Å²) in [5, 5.41) is 0. The molecule has 1 aliphatic rings. The van der Waals surface area contributed by atoms with Crippen molar-refractivity contribution in [2.45, 2.75) is 46.7 Å². The van der Waals surface area contributed by atoms with Gasteiger partial charge >= 0.3 is 0 Å². The van der Waals surface area contributed by atoms with E-state index < -0.39 is 0 Å². The maximum Gasteiger partial charge on any atom is 0.233 e. The van der Waals surface area contributed by atoms with Gasteiger partial charge in [-0.05, 0) is 56.0 Å². The van der Waals surface area contributed by atoms with Crippen LogP contribution in [0.1, 0.15) is 41.3 Å². The molecule has 2 aromatic rings. The average Bonchev–Trinajstić information content (AvgIpc) is 3.11. The van der Waals surface area contributed by atoms with Crippen LogP contribution in [0.5, 0.6) is 0 Å². The molecule has 0 amide bonds. The van der Waals surface area contributed by atoms with Crippen molar-refractivity contribution in [3.63, 3.8) is 0 Å². The lowest BCUT2D eigenvalue weighted by Gasteiger charge is -2.14. The highest BCUT2D eigenvalue weighted by atomic mass is 16.5. The molecule has 2 heterocycles. The van der Waals surface area contributed by atoms with E-state index in [4.69, 9.17) is 4.74 Å². The first-order chi connectivity index (χ1) is 10.6. The summed E-state index contributed by atoms with van der Waals surface area (Å²) in [7, 11) is 0. The molecule has 3 rings (SSSR count). The van der Waals surface area contributed by atoms with Crippen LogP contribution in [0.25, 0.3) is 0 Å². The number of hydrogen-bond donors (Lipinski definition) is 0. The Labute approximate surface area is 132 Å². The van der Waals surface area contributed by atoms with Crippen molar-refractivity contribution >= 4 is 5.90 Å². The molecule has 0 saturated carbocycles. The first kappa shape index (κ1) is 14.9. The van der Waals surface area contributed by atoms with Gasteiger partial charge in [-0.25, -0.2) is 4.99 Å². The summed E-state index contributed by atoms with van der Waals surface area (Å²) in [6, 6.07) is 8.97. The Morgan fingerprint density at radius 3 is 2.59 bits per heavy atom. The minimum Gasteiger partial charge on any atom is -0.474 e. The lowest BCUT2D eigenvalue weighted by molar-refractivity contribution is 0.313. The minimum atomic E-state index is 0.307. The summed E-state index contributed by atoms with van der Waals surface area (Å²) in [5.41, 5.74) is 6.47. The van der Waals surface area contributed by atoms with E-state index in [2.05, 4.69) is 67.7 Å². The SMILES string of the molecule is CCC1COC(c2cccn2Cc2c(C)cc(C)cc2C)=N1. The standard InChI is InChI=1S/C19H24N2O/c1-5-16-12-22-19(20-16)18-7-6-8-21(18)11-17-14(3)9-13(2)10-15(17)4/h6-10,16H,5,11-12H2,1-4H3. The smallest absolute Gasteiger partial charge is 0.233 e. The Morgan fingerprint density at radius 1 is 1.23 bits per heavy atom. The number of aliphatic imine (C=N–C) groups is 1. The Bertz CT molecular complexity index is 689. The first-order valence-electron chi connectivity index (χ1n) is 8.01. The van der Waals surface area contributed by atoms with E-state index in [-0.39, 0.29) is 0 Å². The molecule has 0 radical (unpaired) electrons. The van der Waals surface area contributed by atoms with Crippen LogP contribution < -0.4 is 0 Å². The van der Waals surface area contributed by atoms with Gasteiger partial charge in [0.25, 0.3) is 0 Å². The van der Waals surface area contributed by atoms with Gasteiger partial charge < -0.3 is 9.30 Å². The number of aryl methyl sites for hydroxylation is 3. The van der Waals surface area contributed by atoms with E-state index >= 15 is 0 Å². The zero-order chi connectivity index (χ0) is 15.7. The van der Waals surface area contributed by atoms with Crippen molar-refractivity contribution in [2.24, 2.45) is 4.99 Å². The Hall–Kier alpha value is -2.03. The van der Waals surface area contributed by atoms with E-state index in [1.807, 2.05) is 0 Å². The summed E-state index contributed by atoms with van der Waals surface area (Å²) < 4.78 is 8.03. The molecule has 22 heavy (non-hydrogen) atoms. The molecule has 1 aromatic heterocycles. The lowest BCUT2D eigenvalue weighted by Crippen LogP contribution is -2.12. The topological polar surface area (TPSA) is 26.5 Å². The van der Waals surface area contributed by atoms with Crippen LogP contribution in [0.2, 0.25) is 0 Å². The molecule has 3 nitrogen and oxygen atoms in total. The molecule has 0 N–H and O–H groups in total. The number of nitrogens with zero attached hydrogens (tertiary/aromatic N) is 2. The zero-order valence-corrected chi connectivity index (χ0v) is 13.9. The van der Waals surface area contributed by atoms with Crippen LogP contribution >= 0.6 is 0 Å². The number of ether oxygens (including phenoxy) is 1. The van der Waals surface area contributed by atoms with Gasteiger partial charge in [-0.1, -0.05) is 24.6 Å². The molecule has 1 atom stereocenters. The molecule has 116 valence electrons. The molecular weight excluding hydrogens is 272 g/mol. The Balaban J connectivity index is 1.91. The van der Waals surface area contributed by atoms with Crippen molar-refractivity contribution in [3.8, 4) is 0 Å². The highest BCUT2D eigenvalue weighted by molar-refractivity contribution is 5.93. The monoisotopic (exact) mass is 296 g/mol. The molecule has 0 spiro atoms. The number of rotatable bonds is 4. The molecule has 0 fully saturated rings. The second-order valence-corrected chi connectivity index (χ2v) is 6.21. The molecule has 1 aliphatic heterocycles. The van der Waals surface area contributed by atoms with E-state index in [1.165, 1.54) is 22.3 Å². The van der Waals surface area contributed by atoms with Gasteiger partial charge in [0.1, 0.15) is 12.3 Å². The Morgan fingerprint density at radius 2 is 1.95 bits per heavy atom. The van der Waals surface area contributed by atoms with Crippen LogP contribution in [0, 0.1) is 20.8 Å². The first-order valence-corrected chi connectivity index (χ1v) is 8.01. The molecular formula is C19H24N2O. The molecule has 1 unspecified atom stereocenters. The largest absolute Gasteiger partial charge is 0.474 e. The van der Waals surface area contributed by atoms with Crippen LogP contribution in [0.3, 0.4) is 0 Å². The van der Waals surface area contributed by atoms with Crippen LogP contribution in [0.4, 0.5) is 0 Å². The fourth-order valence-electron chi connectivity index (χ4n) is 3.14. The Kier molecular flexibility index (Phi) is 4.06. The third kappa shape index (κ3) is 2.80. The minimum absolute atomic E-state index is 0.307. The van der Waals surface area contributed by atoms with Crippen LogP contribution in [-0.2, 0) is 11.3 Å². The van der Waals surface area contributed by atoms with Crippen LogP contribution in [-0.4, -0.2) is 23.1 Å². The molecule has 1 aromatic carbocycles. The van der Waals surface area contributed by atoms with Gasteiger partial charge in [0.15, 0.2) is 0 Å². The van der Waals surface area contributed by atoms with Gasteiger partial charge in [0.2, 0.25) is 5.90 Å². The second-order valence-electron chi connectivity index (χ2n) is 6.21. The highest BCUT2D eigenvalue weighted by Crippen LogP contribution is 2.20. The molecule has 0 aliphatic carbocycles. The van der Waals surface area contributed by atoms with Crippen molar-refractivity contribution in [3.05, 3.63) is 58.4 Å². The summed E-state index contributed by atoms with van der Waals surface area (Å²) >= 11 is 0. The highest BCUT2D eigenvalue weighted by Gasteiger charge is 2.21. The summed E-state index contributed by atoms with van der Waals surface area (Å²) in [4.78, 5) is 4.68. The predicted octanol–water partition coefficient (Wildman–Crippen LogP) is 4.02. The fraction of sp³-hybridized carbons (Fsp3) is 0.421.